The molecular weight excluding hydrogens is 384 g/mol. The number of fused-ring (bicyclic) bond motifs is 1. The highest BCUT2D eigenvalue weighted by Gasteiger charge is 2.42. The predicted molar refractivity (Wildman–Crippen MR) is 116 cm³/mol. The highest BCUT2D eigenvalue weighted by atomic mass is 32.2. The Kier molecular flexibility index (Phi) is 5.02. The summed E-state index contributed by atoms with van der Waals surface area (Å²) in [4.78, 5) is 22.4. The Hall–Kier alpha value is -2.54. The molecule has 29 heavy (non-hydrogen) atoms. The monoisotopic (exact) mass is 410 g/mol. The van der Waals surface area contributed by atoms with Gasteiger partial charge in [-0.3, -0.25) is 4.79 Å². The van der Waals surface area contributed by atoms with Gasteiger partial charge in [0.05, 0.1) is 0 Å². The first kappa shape index (κ1) is 19.8. The van der Waals surface area contributed by atoms with Crippen molar-refractivity contribution in [1.82, 2.24) is 9.97 Å². The first-order valence-corrected chi connectivity index (χ1v) is 10.9. The van der Waals surface area contributed by atoms with E-state index in [9.17, 15) is 9.90 Å². The summed E-state index contributed by atoms with van der Waals surface area (Å²) in [6.07, 6.45) is 2.28. The molecule has 0 spiro atoms. The van der Waals surface area contributed by atoms with Crippen molar-refractivity contribution >= 4 is 29.2 Å². The van der Waals surface area contributed by atoms with E-state index in [1.807, 2.05) is 12.1 Å². The lowest BCUT2D eigenvalue weighted by atomic mass is 9.69. The number of nitrogens with two attached hydrogens (primary N) is 1. The number of thioether (sulfide) groups is 1. The lowest BCUT2D eigenvalue weighted by Crippen LogP contribution is -2.34. The fraction of sp³-hybridized carbons (Fsp3) is 0.409. The van der Waals surface area contributed by atoms with Gasteiger partial charge in [0.25, 0.3) is 0 Å². The van der Waals surface area contributed by atoms with Crippen LogP contribution in [0.5, 0.6) is 5.75 Å². The standard InChI is InChI=1S/C22H26N4O2S/c1-4-9-29-21-25-19(23)18-16(12-5-7-13(27)8-6-12)17-14(24-20(18)26-21)10-22(2,3)11-15(17)28/h5-8,16,27H,4,9-11H2,1-3H3,(H3,23,24,25,26). The highest BCUT2D eigenvalue weighted by Crippen LogP contribution is 2.50. The van der Waals surface area contributed by atoms with Crippen molar-refractivity contribution in [2.24, 2.45) is 5.41 Å². The molecule has 6 nitrogen and oxygen atoms in total. The van der Waals surface area contributed by atoms with Crippen molar-refractivity contribution in [3.05, 3.63) is 46.7 Å². The third kappa shape index (κ3) is 3.71. The number of nitrogens with one attached hydrogen (secondary N) is 1. The molecule has 1 atom stereocenters. The summed E-state index contributed by atoms with van der Waals surface area (Å²) in [5, 5.41) is 13.8. The summed E-state index contributed by atoms with van der Waals surface area (Å²) in [6, 6.07) is 6.95. The molecule has 0 amide bonds. The van der Waals surface area contributed by atoms with Crippen LogP contribution < -0.4 is 11.1 Å². The smallest absolute Gasteiger partial charge is 0.191 e. The zero-order valence-electron chi connectivity index (χ0n) is 17.0. The Morgan fingerprint density at radius 2 is 1.97 bits per heavy atom. The van der Waals surface area contributed by atoms with Crippen LogP contribution in [0.1, 0.15) is 57.1 Å². The molecule has 0 bridgehead atoms. The SMILES string of the molecule is CCCSc1nc(N)c2c(n1)NC1=C(C(=O)CC(C)(C)C1)C2c1ccc(O)cc1. The molecule has 4 rings (SSSR count). The molecule has 2 heterocycles. The van der Waals surface area contributed by atoms with E-state index in [-0.39, 0.29) is 22.9 Å². The van der Waals surface area contributed by atoms with Gasteiger partial charge in [0, 0.05) is 34.9 Å². The van der Waals surface area contributed by atoms with Crippen molar-refractivity contribution in [3.8, 4) is 5.75 Å². The van der Waals surface area contributed by atoms with E-state index < -0.39 is 0 Å². The van der Waals surface area contributed by atoms with E-state index in [4.69, 9.17) is 10.7 Å². The molecule has 0 saturated heterocycles. The summed E-state index contributed by atoms with van der Waals surface area (Å²) in [5.41, 5.74) is 9.59. The number of anilines is 2. The Labute approximate surface area is 175 Å². The highest BCUT2D eigenvalue weighted by molar-refractivity contribution is 7.99. The Bertz CT molecular complexity index is 999. The van der Waals surface area contributed by atoms with Gasteiger partial charge in [-0.15, -0.1) is 0 Å². The van der Waals surface area contributed by atoms with Gasteiger partial charge in [0.1, 0.15) is 17.4 Å². The number of ketones is 1. The first-order chi connectivity index (χ1) is 13.8. The zero-order chi connectivity index (χ0) is 20.8. The fourth-order valence-electron chi connectivity index (χ4n) is 4.17. The minimum atomic E-state index is -0.337. The van der Waals surface area contributed by atoms with Crippen LogP contribution in [-0.2, 0) is 4.79 Å². The van der Waals surface area contributed by atoms with Crippen molar-refractivity contribution in [2.45, 2.75) is 51.1 Å². The van der Waals surface area contributed by atoms with Crippen LogP contribution in [0, 0.1) is 5.41 Å². The van der Waals surface area contributed by atoms with Crippen molar-refractivity contribution in [1.29, 1.82) is 0 Å². The number of carbonyl (C=O) groups is 1. The molecule has 152 valence electrons. The molecule has 0 radical (unpaired) electrons. The number of rotatable bonds is 4. The molecule has 1 aliphatic carbocycles. The third-order valence-electron chi connectivity index (χ3n) is 5.38. The van der Waals surface area contributed by atoms with Crippen molar-refractivity contribution in [2.75, 3.05) is 16.8 Å². The van der Waals surface area contributed by atoms with Gasteiger partial charge in [-0.2, -0.15) is 0 Å². The second-order valence-electron chi connectivity index (χ2n) is 8.48. The van der Waals surface area contributed by atoms with Gasteiger partial charge in [0.2, 0.25) is 0 Å². The quantitative estimate of drug-likeness (QED) is 0.505. The maximum atomic E-state index is 13.2. The number of hydrogen-bond donors (Lipinski definition) is 3. The molecule has 1 aromatic heterocycles. The second kappa shape index (κ2) is 7.37. The second-order valence-corrected chi connectivity index (χ2v) is 9.55. The number of allylic oxidation sites excluding steroid dienone is 2. The lowest BCUT2D eigenvalue weighted by Gasteiger charge is -2.39. The molecular formula is C22H26N4O2S. The molecule has 1 aliphatic heterocycles. The topological polar surface area (TPSA) is 101 Å². The molecule has 2 aliphatic rings. The number of aromatic nitrogens is 2. The number of nitrogen functional groups attached to an aromatic ring is 1. The summed E-state index contributed by atoms with van der Waals surface area (Å²) >= 11 is 1.58. The van der Waals surface area contributed by atoms with Crippen molar-refractivity contribution in [3.63, 3.8) is 0 Å². The van der Waals surface area contributed by atoms with E-state index in [1.54, 1.807) is 23.9 Å². The Morgan fingerprint density at radius 1 is 1.24 bits per heavy atom. The zero-order valence-corrected chi connectivity index (χ0v) is 17.8. The largest absolute Gasteiger partial charge is 0.508 e. The van der Waals surface area contributed by atoms with Crippen LogP contribution in [-0.4, -0.2) is 26.6 Å². The third-order valence-corrected chi connectivity index (χ3v) is 6.44. The normalized spacial score (nSPS) is 20.1. The van der Waals surface area contributed by atoms with E-state index in [0.29, 0.717) is 23.2 Å². The number of aromatic hydroxyl groups is 1. The number of benzene rings is 1. The maximum absolute atomic E-state index is 13.2. The number of nitrogens with zero attached hydrogens (tertiary/aromatic N) is 2. The van der Waals surface area contributed by atoms with Gasteiger partial charge < -0.3 is 16.2 Å². The van der Waals surface area contributed by atoms with E-state index in [0.717, 1.165) is 41.0 Å². The predicted octanol–water partition coefficient (Wildman–Crippen LogP) is 4.47. The number of phenols is 1. The van der Waals surface area contributed by atoms with Crippen LogP contribution in [0.25, 0.3) is 0 Å². The van der Waals surface area contributed by atoms with Crippen LogP contribution in [0.2, 0.25) is 0 Å². The van der Waals surface area contributed by atoms with Gasteiger partial charge in [-0.1, -0.05) is 44.7 Å². The number of Topliss-reactive ketones (excluding diaryl/α,β-unsaturated/α-hetero) is 1. The minimum absolute atomic E-state index is 0.113. The van der Waals surface area contributed by atoms with Crippen molar-refractivity contribution < 1.29 is 9.90 Å². The van der Waals surface area contributed by atoms with E-state index >= 15 is 0 Å². The van der Waals surface area contributed by atoms with Gasteiger partial charge in [-0.05, 0) is 36.0 Å². The van der Waals surface area contributed by atoms with E-state index in [2.05, 4.69) is 31.1 Å². The Balaban J connectivity index is 1.89. The van der Waals surface area contributed by atoms with Gasteiger partial charge in [0.15, 0.2) is 10.9 Å². The maximum Gasteiger partial charge on any atom is 0.191 e. The van der Waals surface area contributed by atoms with Crippen LogP contribution in [0.15, 0.2) is 40.7 Å². The van der Waals surface area contributed by atoms with Gasteiger partial charge >= 0.3 is 0 Å². The summed E-state index contributed by atoms with van der Waals surface area (Å²) < 4.78 is 0. The van der Waals surface area contributed by atoms with Gasteiger partial charge in [-0.25, -0.2) is 9.97 Å². The number of phenolic OH excluding ortho intramolecular Hbond substituents is 1. The first-order valence-electron chi connectivity index (χ1n) is 9.91. The summed E-state index contributed by atoms with van der Waals surface area (Å²) in [6.45, 7) is 6.33. The lowest BCUT2D eigenvalue weighted by molar-refractivity contribution is -0.118. The van der Waals surface area contributed by atoms with Crippen LogP contribution in [0.3, 0.4) is 0 Å². The van der Waals surface area contributed by atoms with Crippen LogP contribution in [0.4, 0.5) is 11.6 Å². The molecule has 2 aromatic rings. The summed E-state index contributed by atoms with van der Waals surface area (Å²) in [5.74, 6) is 1.96. The van der Waals surface area contributed by atoms with E-state index in [1.165, 1.54) is 0 Å². The Morgan fingerprint density at radius 3 is 2.66 bits per heavy atom. The molecule has 4 N–H and O–H groups in total. The molecule has 0 saturated carbocycles. The number of hydrogen-bond acceptors (Lipinski definition) is 7. The molecule has 0 fully saturated rings. The average molecular weight is 411 g/mol. The summed E-state index contributed by atoms with van der Waals surface area (Å²) in [7, 11) is 0. The molecule has 7 heteroatoms. The fourth-order valence-corrected chi connectivity index (χ4v) is 4.88. The van der Waals surface area contributed by atoms with Crippen LogP contribution >= 0.6 is 11.8 Å². The molecule has 1 unspecified atom stereocenters. The average Bonchev–Trinajstić information content (AvgIpc) is 2.64. The minimum Gasteiger partial charge on any atom is -0.508 e. The number of carbonyl (C=O) groups excluding carboxylic acids is 1. The molecule has 1 aromatic carbocycles.